The largest absolute Gasteiger partial charge is 0.507 e. The summed E-state index contributed by atoms with van der Waals surface area (Å²) < 4.78 is 16.8. The number of ether oxygens (including phenoxy) is 3. The van der Waals surface area contributed by atoms with Crippen LogP contribution in [0.25, 0.3) is 0 Å². The Morgan fingerprint density at radius 3 is 2.02 bits per heavy atom. The van der Waals surface area contributed by atoms with E-state index in [4.69, 9.17) is 14.2 Å². The van der Waals surface area contributed by atoms with E-state index in [1.54, 1.807) is 66.9 Å². The van der Waals surface area contributed by atoms with Crippen LogP contribution in [0, 0.1) is 0 Å². The molecule has 0 bridgehead atoms. The smallest absolute Gasteiger partial charge is 0.343 e. The summed E-state index contributed by atoms with van der Waals surface area (Å²) in [4.78, 5) is 29.5. The van der Waals surface area contributed by atoms with Gasteiger partial charge in [0, 0.05) is 17.8 Å². The van der Waals surface area contributed by atoms with Gasteiger partial charge in [0.1, 0.15) is 17.2 Å². The highest BCUT2D eigenvalue weighted by atomic mass is 16.5. The standard InChI is InChI=1S/C37H47NO6/c1-4-6-8-10-11-13-25-42-34-24-19-31(35(39)26-34)27-38-32-20-15-29(16-21-32)37(41)44-33-22-17-30(18-23-33)36(40)43-28(3)14-12-9-7-5-2/h15-24,26-28,39H,4-14,25H2,1-3H3. The molecule has 7 heteroatoms. The van der Waals surface area contributed by atoms with Crippen molar-refractivity contribution >= 4 is 23.8 Å². The summed E-state index contributed by atoms with van der Waals surface area (Å²) in [5, 5.41) is 10.4. The molecule has 3 aromatic rings. The lowest BCUT2D eigenvalue weighted by molar-refractivity contribution is 0.0319. The zero-order chi connectivity index (χ0) is 31.6. The predicted molar refractivity (Wildman–Crippen MR) is 176 cm³/mol. The molecule has 0 aliphatic heterocycles. The lowest BCUT2D eigenvalue weighted by Crippen LogP contribution is -2.15. The first-order valence-electron chi connectivity index (χ1n) is 16.0. The van der Waals surface area contributed by atoms with Gasteiger partial charge in [-0.1, -0.05) is 65.2 Å². The minimum absolute atomic E-state index is 0.0885. The number of aromatic hydroxyl groups is 1. The highest BCUT2D eigenvalue weighted by molar-refractivity contribution is 5.92. The van der Waals surface area contributed by atoms with Crippen molar-refractivity contribution in [3.05, 3.63) is 83.4 Å². The minimum Gasteiger partial charge on any atom is -0.507 e. The highest BCUT2D eigenvalue weighted by Gasteiger charge is 2.14. The van der Waals surface area contributed by atoms with Gasteiger partial charge in [-0.3, -0.25) is 4.99 Å². The van der Waals surface area contributed by atoms with Crippen LogP contribution >= 0.6 is 0 Å². The van der Waals surface area contributed by atoms with Crippen LogP contribution in [0.1, 0.15) is 118 Å². The Morgan fingerprint density at radius 2 is 1.34 bits per heavy atom. The molecule has 1 N–H and O–H groups in total. The van der Waals surface area contributed by atoms with Crippen LogP contribution in [0.4, 0.5) is 5.69 Å². The first-order chi connectivity index (χ1) is 21.4. The predicted octanol–water partition coefficient (Wildman–Crippen LogP) is 9.62. The molecule has 1 atom stereocenters. The number of esters is 2. The number of nitrogens with zero attached hydrogens (tertiary/aromatic N) is 1. The molecule has 0 spiro atoms. The molecule has 3 aromatic carbocycles. The third-order valence-corrected chi connectivity index (χ3v) is 7.30. The van der Waals surface area contributed by atoms with Crippen molar-refractivity contribution in [3.63, 3.8) is 0 Å². The number of phenols is 1. The van der Waals surface area contributed by atoms with Crippen LogP contribution in [-0.2, 0) is 4.74 Å². The van der Waals surface area contributed by atoms with Gasteiger partial charge in [0.2, 0.25) is 0 Å². The Hall–Kier alpha value is -4.13. The SMILES string of the molecule is CCCCCCCCOc1ccc(C=Nc2ccc(C(=O)Oc3ccc(C(=O)OC(C)CCCCCC)cc3)cc2)c(O)c1. The molecule has 0 saturated carbocycles. The van der Waals surface area contributed by atoms with E-state index >= 15 is 0 Å². The van der Waals surface area contributed by atoms with Gasteiger partial charge in [-0.05, 0) is 86.8 Å². The van der Waals surface area contributed by atoms with Crippen molar-refractivity contribution in [2.24, 2.45) is 4.99 Å². The highest BCUT2D eigenvalue weighted by Crippen LogP contribution is 2.24. The van der Waals surface area contributed by atoms with Crippen LogP contribution in [-0.4, -0.2) is 36.0 Å². The first kappa shape index (κ1) is 34.4. The van der Waals surface area contributed by atoms with Crippen LogP contribution < -0.4 is 9.47 Å². The lowest BCUT2D eigenvalue weighted by Gasteiger charge is -2.13. The number of aliphatic imine (C=N–C) groups is 1. The van der Waals surface area contributed by atoms with Gasteiger partial charge in [-0.15, -0.1) is 0 Å². The Labute approximate surface area is 262 Å². The number of benzene rings is 3. The summed E-state index contributed by atoms with van der Waals surface area (Å²) in [6.07, 6.45) is 14.0. The summed E-state index contributed by atoms with van der Waals surface area (Å²) in [6, 6.07) is 18.2. The summed E-state index contributed by atoms with van der Waals surface area (Å²) in [5.41, 5.74) is 1.95. The number of carbonyl (C=O) groups excluding carboxylic acids is 2. The molecule has 7 nitrogen and oxygen atoms in total. The number of rotatable bonds is 19. The molecule has 0 aliphatic rings. The number of phenolic OH excluding ortho intramolecular Hbond substituents is 1. The quantitative estimate of drug-likeness (QED) is 0.0636. The molecule has 0 radical (unpaired) electrons. The van der Waals surface area contributed by atoms with Crippen LogP contribution in [0.3, 0.4) is 0 Å². The van der Waals surface area contributed by atoms with E-state index in [0.717, 1.165) is 32.1 Å². The molecule has 0 fully saturated rings. The Balaban J connectivity index is 1.45. The third kappa shape index (κ3) is 12.2. The number of hydrogen-bond acceptors (Lipinski definition) is 7. The molecule has 236 valence electrons. The van der Waals surface area contributed by atoms with E-state index < -0.39 is 5.97 Å². The van der Waals surface area contributed by atoms with Crippen molar-refractivity contribution in [1.82, 2.24) is 0 Å². The van der Waals surface area contributed by atoms with Crippen molar-refractivity contribution < 1.29 is 28.9 Å². The van der Waals surface area contributed by atoms with E-state index in [9.17, 15) is 14.7 Å². The van der Waals surface area contributed by atoms with E-state index in [1.807, 2.05) is 13.0 Å². The van der Waals surface area contributed by atoms with E-state index in [2.05, 4.69) is 18.8 Å². The zero-order valence-electron chi connectivity index (χ0n) is 26.4. The Morgan fingerprint density at radius 1 is 0.750 bits per heavy atom. The fraction of sp³-hybridized carbons (Fsp3) is 0.432. The topological polar surface area (TPSA) is 94.4 Å². The fourth-order valence-electron chi connectivity index (χ4n) is 4.62. The van der Waals surface area contributed by atoms with Crippen molar-refractivity contribution in [2.75, 3.05) is 6.61 Å². The molecule has 0 heterocycles. The molecule has 3 rings (SSSR count). The normalized spacial score (nSPS) is 11.8. The monoisotopic (exact) mass is 601 g/mol. The Bertz CT molecular complexity index is 1320. The molecule has 0 aliphatic carbocycles. The van der Waals surface area contributed by atoms with Crippen LogP contribution in [0.2, 0.25) is 0 Å². The second kappa shape index (κ2) is 19.2. The second-order valence-corrected chi connectivity index (χ2v) is 11.1. The van der Waals surface area contributed by atoms with Gasteiger partial charge < -0.3 is 19.3 Å². The number of carbonyl (C=O) groups is 2. The average molecular weight is 602 g/mol. The molecule has 0 aromatic heterocycles. The van der Waals surface area contributed by atoms with Crippen LogP contribution in [0.15, 0.2) is 71.7 Å². The van der Waals surface area contributed by atoms with E-state index in [1.165, 1.54) is 38.5 Å². The lowest BCUT2D eigenvalue weighted by atomic mass is 10.1. The van der Waals surface area contributed by atoms with Crippen molar-refractivity contribution in [3.8, 4) is 17.2 Å². The maximum absolute atomic E-state index is 12.6. The molecular formula is C37H47NO6. The van der Waals surface area contributed by atoms with Crippen molar-refractivity contribution in [1.29, 1.82) is 0 Å². The summed E-state index contributed by atoms with van der Waals surface area (Å²) in [7, 11) is 0. The van der Waals surface area contributed by atoms with Gasteiger partial charge in [0.05, 0.1) is 29.5 Å². The number of hydrogen-bond donors (Lipinski definition) is 1. The fourth-order valence-corrected chi connectivity index (χ4v) is 4.62. The molecule has 0 saturated heterocycles. The van der Waals surface area contributed by atoms with Gasteiger partial charge >= 0.3 is 11.9 Å². The summed E-state index contributed by atoms with van der Waals surface area (Å²) in [6.45, 7) is 6.91. The van der Waals surface area contributed by atoms with Gasteiger partial charge in [-0.2, -0.15) is 0 Å². The summed E-state index contributed by atoms with van der Waals surface area (Å²) in [5.74, 6) is 0.143. The maximum atomic E-state index is 12.6. The molecular weight excluding hydrogens is 554 g/mol. The van der Waals surface area contributed by atoms with Crippen LogP contribution in [0.5, 0.6) is 17.2 Å². The Kier molecular flexibility index (Phi) is 15.0. The van der Waals surface area contributed by atoms with Gasteiger partial charge in [0.15, 0.2) is 0 Å². The van der Waals surface area contributed by atoms with E-state index in [0.29, 0.717) is 40.5 Å². The van der Waals surface area contributed by atoms with Gasteiger partial charge in [0.25, 0.3) is 0 Å². The third-order valence-electron chi connectivity index (χ3n) is 7.30. The van der Waals surface area contributed by atoms with Gasteiger partial charge in [-0.25, -0.2) is 9.59 Å². The molecule has 1 unspecified atom stereocenters. The minimum atomic E-state index is -0.522. The molecule has 44 heavy (non-hydrogen) atoms. The summed E-state index contributed by atoms with van der Waals surface area (Å²) >= 11 is 0. The number of unbranched alkanes of at least 4 members (excludes halogenated alkanes) is 8. The van der Waals surface area contributed by atoms with Crippen molar-refractivity contribution in [2.45, 2.75) is 97.5 Å². The first-order valence-corrected chi connectivity index (χ1v) is 16.0. The average Bonchev–Trinajstić information content (AvgIpc) is 3.03. The van der Waals surface area contributed by atoms with E-state index in [-0.39, 0.29) is 17.8 Å². The zero-order valence-corrected chi connectivity index (χ0v) is 26.4. The maximum Gasteiger partial charge on any atom is 0.343 e. The molecule has 0 amide bonds. The second-order valence-electron chi connectivity index (χ2n) is 11.1.